The molecule has 0 heterocycles. The summed E-state index contributed by atoms with van der Waals surface area (Å²) in [5.74, 6) is -1.03. The van der Waals surface area contributed by atoms with Crippen LogP contribution in [0, 0.1) is 10.1 Å². The second-order valence-electron chi connectivity index (χ2n) is 4.27. The van der Waals surface area contributed by atoms with Gasteiger partial charge in [-0.05, 0) is 42.5 Å². The molecule has 0 bridgehead atoms. The van der Waals surface area contributed by atoms with Gasteiger partial charge in [0.15, 0.2) is 5.11 Å². The number of hydrogen-bond acceptors (Lipinski definition) is 4. The van der Waals surface area contributed by atoms with Gasteiger partial charge in [-0.1, -0.05) is 6.07 Å². The van der Waals surface area contributed by atoms with Crippen LogP contribution in [0.25, 0.3) is 0 Å². The highest BCUT2D eigenvalue weighted by Crippen LogP contribution is 2.16. The minimum Gasteiger partial charge on any atom is -0.478 e. The summed E-state index contributed by atoms with van der Waals surface area (Å²) >= 11 is 5.11. The van der Waals surface area contributed by atoms with E-state index >= 15 is 0 Å². The number of nitrogens with one attached hydrogen (secondary N) is 2. The molecule has 0 amide bonds. The van der Waals surface area contributed by atoms with E-state index in [1.807, 2.05) is 0 Å². The maximum Gasteiger partial charge on any atom is 0.335 e. The molecule has 3 N–H and O–H groups in total. The summed E-state index contributed by atoms with van der Waals surface area (Å²) in [6.07, 6.45) is 0. The molecule has 0 aliphatic heterocycles. The lowest BCUT2D eigenvalue weighted by Gasteiger charge is -2.10. The standard InChI is InChI=1S/C14H11N3O4S/c18-13(19)9-2-1-3-11(8-9)16-14(22)15-10-4-6-12(7-5-10)17(20)21/h1-8H,(H,18,19)(H2,15,16,22). The van der Waals surface area contributed by atoms with Crippen molar-refractivity contribution in [1.29, 1.82) is 0 Å². The quantitative estimate of drug-likeness (QED) is 0.452. The van der Waals surface area contributed by atoms with E-state index in [2.05, 4.69) is 10.6 Å². The summed E-state index contributed by atoms with van der Waals surface area (Å²) in [6, 6.07) is 12.0. The summed E-state index contributed by atoms with van der Waals surface area (Å²) in [7, 11) is 0. The van der Waals surface area contributed by atoms with E-state index in [1.165, 1.54) is 36.4 Å². The number of nitro benzene ring substituents is 1. The van der Waals surface area contributed by atoms with Crippen molar-refractivity contribution in [2.24, 2.45) is 0 Å². The molecule has 112 valence electrons. The molecule has 0 aliphatic rings. The first-order valence-electron chi connectivity index (χ1n) is 6.11. The number of rotatable bonds is 4. The Bertz CT molecular complexity index is 731. The second kappa shape index (κ2) is 6.64. The highest BCUT2D eigenvalue weighted by molar-refractivity contribution is 7.80. The van der Waals surface area contributed by atoms with Gasteiger partial charge in [-0.15, -0.1) is 0 Å². The zero-order valence-corrected chi connectivity index (χ0v) is 12.0. The molecule has 0 aromatic heterocycles. The van der Waals surface area contributed by atoms with Gasteiger partial charge >= 0.3 is 5.97 Å². The van der Waals surface area contributed by atoms with Crippen molar-refractivity contribution < 1.29 is 14.8 Å². The van der Waals surface area contributed by atoms with Gasteiger partial charge in [0, 0.05) is 23.5 Å². The number of nitrogens with zero attached hydrogens (tertiary/aromatic N) is 1. The summed E-state index contributed by atoms with van der Waals surface area (Å²) in [5, 5.41) is 25.4. The van der Waals surface area contributed by atoms with Crippen LogP contribution in [0.2, 0.25) is 0 Å². The maximum absolute atomic E-state index is 10.9. The fourth-order valence-electron chi connectivity index (χ4n) is 1.69. The molecule has 22 heavy (non-hydrogen) atoms. The van der Waals surface area contributed by atoms with E-state index in [1.54, 1.807) is 12.1 Å². The van der Waals surface area contributed by atoms with Crippen LogP contribution in [0.5, 0.6) is 0 Å². The van der Waals surface area contributed by atoms with Crippen molar-refractivity contribution in [2.75, 3.05) is 10.6 Å². The van der Waals surface area contributed by atoms with Gasteiger partial charge in [0.1, 0.15) is 0 Å². The lowest BCUT2D eigenvalue weighted by atomic mass is 10.2. The third-order valence-electron chi connectivity index (χ3n) is 2.70. The molecule has 7 nitrogen and oxygen atoms in total. The number of thiocarbonyl (C=S) groups is 1. The molecule has 0 atom stereocenters. The van der Waals surface area contributed by atoms with Crippen LogP contribution < -0.4 is 10.6 Å². The number of nitro groups is 1. The molecule has 0 spiro atoms. The number of carboxylic acids is 1. The smallest absolute Gasteiger partial charge is 0.335 e. The fourth-order valence-corrected chi connectivity index (χ4v) is 1.93. The number of hydrogen-bond donors (Lipinski definition) is 3. The first-order chi connectivity index (χ1) is 10.5. The normalized spacial score (nSPS) is 9.82. The number of carbonyl (C=O) groups is 1. The average molecular weight is 317 g/mol. The molecule has 2 aromatic rings. The zero-order valence-electron chi connectivity index (χ0n) is 11.1. The molecular formula is C14H11N3O4S. The molecule has 0 unspecified atom stereocenters. The van der Waals surface area contributed by atoms with E-state index in [0.717, 1.165) is 0 Å². The Morgan fingerprint density at radius 3 is 2.32 bits per heavy atom. The zero-order chi connectivity index (χ0) is 16.1. The first kappa shape index (κ1) is 15.4. The van der Waals surface area contributed by atoms with Crippen LogP contribution in [0.3, 0.4) is 0 Å². The van der Waals surface area contributed by atoms with Crippen molar-refractivity contribution in [2.45, 2.75) is 0 Å². The number of carboxylic acid groups (broad SMARTS) is 1. The highest BCUT2D eigenvalue weighted by Gasteiger charge is 2.06. The van der Waals surface area contributed by atoms with E-state index in [4.69, 9.17) is 17.3 Å². The maximum atomic E-state index is 10.9. The minimum atomic E-state index is -1.03. The van der Waals surface area contributed by atoms with Crippen molar-refractivity contribution in [1.82, 2.24) is 0 Å². The third kappa shape index (κ3) is 4.00. The molecule has 0 radical (unpaired) electrons. The Morgan fingerprint density at radius 2 is 1.73 bits per heavy atom. The van der Waals surface area contributed by atoms with Gasteiger partial charge in [0.05, 0.1) is 10.5 Å². The second-order valence-corrected chi connectivity index (χ2v) is 4.68. The molecule has 0 fully saturated rings. The Balaban J connectivity index is 2.02. The van der Waals surface area contributed by atoms with E-state index in [9.17, 15) is 14.9 Å². The predicted octanol–water partition coefficient (Wildman–Crippen LogP) is 3.10. The Kier molecular flexibility index (Phi) is 4.64. The van der Waals surface area contributed by atoms with Crippen molar-refractivity contribution >= 4 is 40.4 Å². The van der Waals surface area contributed by atoms with Gasteiger partial charge in [0.25, 0.3) is 5.69 Å². The van der Waals surface area contributed by atoms with Crippen LogP contribution in [-0.4, -0.2) is 21.1 Å². The molecule has 0 saturated heterocycles. The third-order valence-corrected chi connectivity index (χ3v) is 2.91. The predicted molar refractivity (Wildman–Crippen MR) is 86.3 cm³/mol. The first-order valence-corrected chi connectivity index (χ1v) is 6.52. The van der Waals surface area contributed by atoms with Crippen LogP contribution in [0.1, 0.15) is 10.4 Å². The SMILES string of the molecule is O=C(O)c1cccc(NC(=S)Nc2ccc([N+](=O)[O-])cc2)c1. The monoisotopic (exact) mass is 317 g/mol. The molecule has 0 aliphatic carbocycles. The average Bonchev–Trinajstić information content (AvgIpc) is 2.47. The molecule has 2 rings (SSSR count). The van der Waals surface area contributed by atoms with Crippen LogP contribution in [-0.2, 0) is 0 Å². The molecule has 0 saturated carbocycles. The topological polar surface area (TPSA) is 104 Å². The van der Waals surface area contributed by atoms with Crippen molar-refractivity contribution in [3.05, 3.63) is 64.2 Å². The summed E-state index contributed by atoms with van der Waals surface area (Å²) in [6.45, 7) is 0. The summed E-state index contributed by atoms with van der Waals surface area (Å²) in [4.78, 5) is 21.0. The fraction of sp³-hybridized carbons (Fsp3) is 0. The van der Waals surface area contributed by atoms with E-state index < -0.39 is 10.9 Å². The number of aromatic carboxylic acids is 1. The van der Waals surface area contributed by atoms with Gasteiger partial charge in [-0.25, -0.2) is 4.79 Å². The number of non-ortho nitro benzene ring substituents is 1. The lowest BCUT2D eigenvalue weighted by molar-refractivity contribution is -0.384. The van der Waals surface area contributed by atoms with Crippen molar-refractivity contribution in [3.8, 4) is 0 Å². The van der Waals surface area contributed by atoms with E-state index in [-0.39, 0.29) is 16.4 Å². The van der Waals surface area contributed by atoms with Gasteiger partial charge in [-0.2, -0.15) is 0 Å². The van der Waals surface area contributed by atoms with Crippen LogP contribution in [0.4, 0.5) is 17.1 Å². The molecule has 8 heteroatoms. The van der Waals surface area contributed by atoms with Gasteiger partial charge < -0.3 is 15.7 Å². The molecular weight excluding hydrogens is 306 g/mol. The highest BCUT2D eigenvalue weighted by atomic mass is 32.1. The Hall–Kier alpha value is -3.00. The molecule has 2 aromatic carbocycles. The van der Waals surface area contributed by atoms with Crippen LogP contribution >= 0.6 is 12.2 Å². The summed E-state index contributed by atoms with van der Waals surface area (Å²) in [5.41, 5.74) is 1.23. The van der Waals surface area contributed by atoms with Crippen LogP contribution in [0.15, 0.2) is 48.5 Å². The Morgan fingerprint density at radius 1 is 1.09 bits per heavy atom. The van der Waals surface area contributed by atoms with Crippen molar-refractivity contribution in [3.63, 3.8) is 0 Å². The largest absolute Gasteiger partial charge is 0.478 e. The van der Waals surface area contributed by atoms with Gasteiger partial charge in [-0.3, -0.25) is 10.1 Å². The summed E-state index contributed by atoms with van der Waals surface area (Å²) < 4.78 is 0. The number of benzene rings is 2. The lowest BCUT2D eigenvalue weighted by Crippen LogP contribution is -2.19. The van der Waals surface area contributed by atoms with Gasteiger partial charge in [0.2, 0.25) is 0 Å². The number of anilines is 2. The van der Waals surface area contributed by atoms with E-state index in [0.29, 0.717) is 11.4 Å². The Labute approximate surface area is 130 Å². The minimum absolute atomic E-state index is 0.0152.